The number of aryl methyl sites for hydroxylation is 1. The van der Waals surface area contributed by atoms with E-state index >= 15 is 0 Å². The fourth-order valence-electron chi connectivity index (χ4n) is 2.02. The fourth-order valence-corrected chi connectivity index (χ4v) is 2.02. The van der Waals surface area contributed by atoms with E-state index in [1.807, 2.05) is 42.1 Å². The van der Waals surface area contributed by atoms with Crippen molar-refractivity contribution in [1.29, 1.82) is 0 Å². The summed E-state index contributed by atoms with van der Waals surface area (Å²) in [6.45, 7) is 1.15. The number of nitrogens with one attached hydrogen (secondary N) is 1. The van der Waals surface area contributed by atoms with Crippen LogP contribution in [0, 0.1) is 0 Å². The largest absolute Gasteiger partial charge is 0.355 e. The molecule has 106 valence electrons. The normalized spacial score (nSPS) is 10.5. The van der Waals surface area contributed by atoms with Gasteiger partial charge in [-0.25, -0.2) is 0 Å². The van der Waals surface area contributed by atoms with Gasteiger partial charge >= 0.3 is 0 Å². The van der Waals surface area contributed by atoms with Gasteiger partial charge in [-0.1, -0.05) is 24.3 Å². The van der Waals surface area contributed by atoms with Crippen LogP contribution in [-0.4, -0.2) is 22.2 Å². The van der Waals surface area contributed by atoms with Gasteiger partial charge in [0.25, 0.3) is 0 Å². The lowest BCUT2D eigenvalue weighted by molar-refractivity contribution is -0.120. The van der Waals surface area contributed by atoms with E-state index in [-0.39, 0.29) is 5.91 Å². The molecule has 20 heavy (non-hydrogen) atoms. The third kappa shape index (κ3) is 3.93. The number of rotatable bonds is 6. The van der Waals surface area contributed by atoms with Crippen molar-refractivity contribution >= 4 is 5.91 Å². The van der Waals surface area contributed by atoms with Crippen LogP contribution in [0.3, 0.4) is 0 Å². The van der Waals surface area contributed by atoms with Crippen LogP contribution in [-0.2, 0) is 31.2 Å². The Balaban J connectivity index is 1.76. The lowest BCUT2D eigenvalue weighted by Crippen LogP contribution is -2.27. The summed E-state index contributed by atoms with van der Waals surface area (Å²) in [5, 5.41) is 7.01. The van der Waals surface area contributed by atoms with Gasteiger partial charge in [0.1, 0.15) is 0 Å². The summed E-state index contributed by atoms with van der Waals surface area (Å²) in [6, 6.07) is 9.76. The van der Waals surface area contributed by atoms with Gasteiger partial charge in [-0.2, -0.15) is 5.10 Å². The summed E-state index contributed by atoms with van der Waals surface area (Å²) >= 11 is 0. The molecular formula is C15H20N4O. The maximum Gasteiger partial charge on any atom is 0.224 e. The van der Waals surface area contributed by atoms with Crippen LogP contribution in [0.15, 0.2) is 36.5 Å². The monoisotopic (exact) mass is 272 g/mol. The maximum absolute atomic E-state index is 11.8. The molecule has 0 atom stereocenters. The van der Waals surface area contributed by atoms with Crippen molar-refractivity contribution in [2.24, 2.45) is 12.8 Å². The summed E-state index contributed by atoms with van der Waals surface area (Å²) in [6.07, 6.45) is 2.95. The molecule has 0 radical (unpaired) electrons. The second kappa shape index (κ2) is 6.86. The minimum absolute atomic E-state index is 0.0349. The van der Waals surface area contributed by atoms with Crippen LogP contribution in [0.25, 0.3) is 0 Å². The number of nitrogens with zero attached hydrogens (tertiary/aromatic N) is 2. The molecule has 1 aromatic heterocycles. The third-order valence-electron chi connectivity index (χ3n) is 3.25. The van der Waals surface area contributed by atoms with Crippen molar-refractivity contribution in [2.45, 2.75) is 19.4 Å². The first kappa shape index (κ1) is 14.3. The van der Waals surface area contributed by atoms with Crippen molar-refractivity contribution < 1.29 is 4.79 Å². The summed E-state index contributed by atoms with van der Waals surface area (Å²) in [7, 11) is 1.90. The third-order valence-corrected chi connectivity index (χ3v) is 3.25. The molecule has 5 heteroatoms. The summed E-state index contributed by atoms with van der Waals surface area (Å²) in [5.41, 5.74) is 8.72. The second-order valence-electron chi connectivity index (χ2n) is 4.74. The highest BCUT2D eigenvalue weighted by molar-refractivity contribution is 5.78. The van der Waals surface area contributed by atoms with Gasteiger partial charge in [0, 0.05) is 38.4 Å². The van der Waals surface area contributed by atoms with E-state index in [0.29, 0.717) is 19.5 Å². The van der Waals surface area contributed by atoms with Crippen LogP contribution in [0.4, 0.5) is 0 Å². The Labute approximate surface area is 118 Å². The molecule has 0 unspecified atom stereocenters. The van der Waals surface area contributed by atoms with Gasteiger partial charge in [-0.05, 0) is 17.2 Å². The van der Waals surface area contributed by atoms with E-state index in [0.717, 1.165) is 23.2 Å². The van der Waals surface area contributed by atoms with E-state index in [1.54, 1.807) is 6.20 Å². The van der Waals surface area contributed by atoms with Crippen LogP contribution < -0.4 is 11.1 Å². The SMILES string of the molecule is Cn1nccc1CCNC(=O)Cc1ccc(CN)cc1. The zero-order valence-corrected chi connectivity index (χ0v) is 11.7. The summed E-state index contributed by atoms with van der Waals surface area (Å²) in [5.74, 6) is 0.0349. The van der Waals surface area contributed by atoms with E-state index < -0.39 is 0 Å². The zero-order chi connectivity index (χ0) is 14.4. The molecule has 0 fully saturated rings. The second-order valence-corrected chi connectivity index (χ2v) is 4.74. The highest BCUT2D eigenvalue weighted by Gasteiger charge is 2.04. The maximum atomic E-state index is 11.8. The van der Waals surface area contributed by atoms with Gasteiger partial charge in [0.05, 0.1) is 6.42 Å². The Hall–Kier alpha value is -2.14. The highest BCUT2D eigenvalue weighted by Crippen LogP contribution is 2.04. The average molecular weight is 272 g/mol. The van der Waals surface area contributed by atoms with Gasteiger partial charge in [0.2, 0.25) is 5.91 Å². The number of aromatic nitrogens is 2. The van der Waals surface area contributed by atoms with Crippen LogP contribution in [0.5, 0.6) is 0 Å². The van der Waals surface area contributed by atoms with Gasteiger partial charge in [0.15, 0.2) is 0 Å². The lowest BCUT2D eigenvalue weighted by Gasteiger charge is -2.06. The van der Waals surface area contributed by atoms with Crippen molar-refractivity contribution in [3.05, 3.63) is 53.3 Å². The number of carbonyl (C=O) groups is 1. The minimum atomic E-state index is 0.0349. The Bertz CT molecular complexity index is 560. The standard InChI is InChI=1S/C15H20N4O/c1-19-14(7-9-18-19)6-8-17-15(20)10-12-2-4-13(11-16)5-3-12/h2-5,7,9H,6,8,10-11,16H2,1H3,(H,17,20). The predicted octanol–water partition coefficient (Wildman–Crippen LogP) is 0.780. The topological polar surface area (TPSA) is 72.9 Å². The lowest BCUT2D eigenvalue weighted by atomic mass is 10.1. The molecule has 1 heterocycles. The first-order chi connectivity index (χ1) is 9.69. The molecule has 0 saturated carbocycles. The number of hydrogen-bond donors (Lipinski definition) is 2. The number of amides is 1. The molecule has 1 amide bonds. The summed E-state index contributed by atoms with van der Waals surface area (Å²) in [4.78, 5) is 11.8. The van der Waals surface area contributed by atoms with Crippen LogP contribution >= 0.6 is 0 Å². The molecule has 0 bridgehead atoms. The molecule has 0 aliphatic rings. The molecular weight excluding hydrogens is 252 g/mol. The number of nitrogens with two attached hydrogens (primary N) is 1. The molecule has 0 aliphatic heterocycles. The molecule has 0 saturated heterocycles. The van der Waals surface area contributed by atoms with E-state index in [2.05, 4.69) is 10.4 Å². The van der Waals surface area contributed by atoms with E-state index in [9.17, 15) is 4.79 Å². The van der Waals surface area contributed by atoms with Crippen molar-refractivity contribution in [3.8, 4) is 0 Å². The Kier molecular flexibility index (Phi) is 4.90. The van der Waals surface area contributed by atoms with Crippen molar-refractivity contribution in [3.63, 3.8) is 0 Å². The quantitative estimate of drug-likeness (QED) is 0.816. The van der Waals surface area contributed by atoms with Gasteiger partial charge in [-0.15, -0.1) is 0 Å². The van der Waals surface area contributed by atoms with Gasteiger partial charge in [-0.3, -0.25) is 9.48 Å². The average Bonchev–Trinajstić information content (AvgIpc) is 2.85. The fraction of sp³-hybridized carbons (Fsp3) is 0.333. The molecule has 3 N–H and O–H groups in total. The van der Waals surface area contributed by atoms with Crippen molar-refractivity contribution in [2.75, 3.05) is 6.54 Å². The van der Waals surface area contributed by atoms with Crippen molar-refractivity contribution in [1.82, 2.24) is 15.1 Å². The molecule has 2 rings (SSSR count). The minimum Gasteiger partial charge on any atom is -0.355 e. The Morgan fingerprint density at radius 2 is 1.95 bits per heavy atom. The van der Waals surface area contributed by atoms with Crippen LogP contribution in [0.1, 0.15) is 16.8 Å². The van der Waals surface area contributed by atoms with E-state index in [4.69, 9.17) is 5.73 Å². The number of hydrogen-bond acceptors (Lipinski definition) is 3. The number of benzene rings is 1. The Morgan fingerprint density at radius 1 is 1.25 bits per heavy atom. The summed E-state index contributed by atoms with van der Waals surface area (Å²) < 4.78 is 1.82. The molecule has 2 aromatic rings. The van der Waals surface area contributed by atoms with Crippen LogP contribution in [0.2, 0.25) is 0 Å². The van der Waals surface area contributed by atoms with Gasteiger partial charge < -0.3 is 11.1 Å². The molecule has 0 spiro atoms. The smallest absolute Gasteiger partial charge is 0.224 e. The van der Waals surface area contributed by atoms with E-state index in [1.165, 1.54) is 0 Å². The molecule has 5 nitrogen and oxygen atoms in total. The molecule has 1 aromatic carbocycles. The first-order valence-corrected chi connectivity index (χ1v) is 6.70. The first-order valence-electron chi connectivity index (χ1n) is 6.70. The zero-order valence-electron chi connectivity index (χ0n) is 11.7. The predicted molar refractivity (Wildman–Crippen MR) is 78.0 cm³/mol. The number of carbonyl (C=O) groups excluding carboxylic acids is 1. The molecule has 0 aliphatic carbocycles. The Morgan fingerprint density at radius 3 is 2.55 bits per heavy atom. The highest BCUT2D eigenvalue weighted by atomic mass is 16.1.